The van der Waals surface area contributed by atoms with Crippen molar-refractivity contribution in [1.29, 1.82) is 0 Å². The molecule has 0 fully saturated rings. The SMILES string of the molecule is O=Cc1ccc(OCc2ccc(F)c(F)c2)c(Cl)c1. The van der Waals surface area contributed by atoms with E-state index in [1.807, 2.05) is 0 Å². The number of rotatable bonds is 4. The summed E-state index contributed by atoms with van der Waals surface area (Å²) in [6.45, 7) is 0.0529. The maximum atomic E-state index is 13.0. The number of carbonyl (C=O) groups is 1. The van der Waals surface area contributed by atoms with Gasteiger partial charge in [0.15, 0.2) is 11.6 Å². The van der Waals surface area contributed by atoms with Gasteiger partial charge in [0, 0.05) is 5.56 Å². The lowest BCUT2D eigenvalue weighted by molar-refractivity contribution is 0.112. The topological polar surface area (TPSA) is 26.3 Å². The Balaban J connectivity index is 2.09. The zero-order valence-electron chi connectivity index (χ0n) is 9.70. The van der Waals surface area contributed by atoms with Crippen LogP contribution < -0.4 is 4.74 Å². The van der Waals surface area contributed by atoms with Crippen molar-refractivity contribution in [2.75, 3.05) is 0 Å². The summed E-state index contributed by atoms with van der Waals surface area (Å²) >= 11 is 5.91. The van der Waals surface area contributed by atoms with E-state index in [9.17, 15) is 13.6 Å². The predicted molar refractivity (Wildman–Crippen MR) is 67.5 cm³/mol. The number of halogens is 3. The first-order chi connectivity index (χ1) is 9.10. The zero-order valence-corrected chi connectivity index (χ0v) is 10.5. The molecule has 0 aliphatic rings. The third-order valence-corrected chi connectivity index (χ3v) is 2.77. The van der Waals surface area contributed by atoms with Gasteiger partial charge >= 0.3 is 0 Å². The smallest absolute Gasteiger partial charge is 0.159 e. The van der Waals surface area contributed by atoms with Crippen molar-refractivity contribution in [2.45, 2.75) is 6.61 Å². The Kier molecular flexibility index (Phi) is 4.12. The van der Waals surface area contributed by atoms with Crippen molar-refractivity contribution in [3.63, 3.8) is 0 Å². The fourth-order valence-electron chi connectivity index (χ4n) is 1.50. The van der Waals surface area contributed by atoms with Crippen molar-refractivity contribution < 1.29 is 18.3 Å². The van der Waals surface area contributed by atoms with Gasteiger partial charge in [0.2, 0.25) is 0 Å². The van der Waals surface area contributed by atoms with E-state index in [-0.39, 0.29) is 11.6 Å². The average molecular weight is 283 g/mol. The zero-order chi connectivity index (χ0) is 13.8. The van der Waals surface area contributed by atoms with Crippen LogP contribution in [0.2, 0.25) is 5.02 Å². The second-order valence-electron chi connectivity index (χ2n) is 3.84. The molecule has 0 heterocycles. The number of hydrogen-bond acceptors (Lipinski definition) is 2. The van der Waals surface area contributed by atoms with E-state index in [0.29, 0.717) is 23.2 Å². The molecule has 0 saturated heterocycles. The quantitative estimate of drug-likeness (QED) is 0.792. The summed E-state index contributed by atoms with van der Waals surface area (Å²) in [6.07, 6.45) is 0.672. The molecule has 5 heteroatoms. The van der Waals surface area contributed by atoms with Crippen LogP contribution in [0, 0.1) is 11.6 Å². The van der Waals surface area contributed by atoms with Crippen molar-refractivity contribution in [2.24, 2.45) is 0 Å². The van der Waals surface area contributed by atoms with Crippen LogP contribution in [0.4, 0.5) is 8.78 Å². The van der Waals surface area contributed by atoms with Crippen LogP contribution in [0.25, 0.3) is 0 Å². The Morgan fingerprint density at radius 1 is 1.11 bits per heavy atom. The third kappa shape index (κ3) is 3.29. The maximum Gasteiger partial charge on any atom is 0.159 e. The Morgan fingerprint density at radius 2 is 1.89 bits per heavy atom. The normalized spacial score (nSPS) is 10.3. The summed E-state index contributed by atoms with van der Waals surface area (Å²) in [4.78, 5) is 10.5. The molecule has 0 radical (unpaired) electrons. The fourth-order valence-corrected chi connectivity index (χ4v) is 1.74. The van der Waals surface area contributed by atoms with Crippen LogP contribution in [-0.4, -0.2) is 6.29 Å². The summed E-state index contributed by atoms with van der Waals surface area (Å²) in [5, 5.41) is 0.284. The van der Waals surface area contributed by atoms with E-state index in [4.69, 9.17) is 16.3 Å². The molecule has 0 aliphatic carbocycles. The van der Waals surface area contributed by atoms with Crippen molar-refractivity contribution in [3.05, 3.63) is 64.2 Å². The highest BCUT2D eigenvalue weighted by Crippen LogP contribution is 2.25. The molecular weight excluding hydrogens is 274 g/mol. The Bertz CT molecular complexity index is 614. The molecular formula is C14H9ClF2O2. The summed E-state index contributed by atoms with van der Waals surface area (Å²) in [6, 6.07) is 8.08. The second-order valence-corrected chi connectivity index (χ2v) is 4.25. The van der Waals surface area contributed by atoms with E-state index >= 15 is 0 Å². The van der Waals surface area contributed by atoms with Gasteiger partial charge in [-0.3, -0.25) is 4.79 Å². The number of ether oxygens (including phenoxy) is 1. The minimum atomic E-state index is -0.927. The van der Waals surface area contributed by atoms with E-state index in [1.54, 1.807) is 12.1 Å². The maximum absolute atomic E-state index is 13.0. The molecule has 0 bridgehead atoms. The number of hydrogen-bond donors (Lipinski definition) is 0. The van der Waals surface area contributed by atoms with Gasteiger partial charge in [-0.25, -0.2) is 8.78 Å². The molecule has 2 aromatic rings. The van der Waals surface area contributed by atoms with Gasteiger partial charge < -0.3 is 4.74 Å². The largest absolute Gasteiger partial charge is 0.487 e. The monoisotopic (exact) mass is 282 g/mol. The molecule has 0 unspecified atom stereocenters. The van der Waals surface area contributed by atoms with Gasteiger partial charge in [-0.2, -0.15) is 0 Å². The molecule has 19 heavy (non-hydrogen) atoms. The van der Waals surface area contributed by atoms with Crippen molar-refractivity contribution >= 4 is 17.9 Å². The lowest BCUT2D eigenvalue weighted by atomic mass is 10.2. The van der Waals surface area contributed by atoms with Crippen molar-refractivity contribution in [1.82, 2.24) is 0 Å². The molecule has 0 amide bonds. The molecule has 0 atom stereocenters. The van der Waals surface area contributed by atoms with Crippen LogP contribution in [-0.2, 0) is 6.61 Å². The molecule has 2 aromatic carbocycles. The molecule has 0 aliphatic heterocycles. The Hall–Kier alpha value is -1.94. The van der Waals surface area contributed by atoms with Gasteiger partial charge in [0.25, 0.3) is 0 Å². The van der Waals surface area contributed by atoms with Crippen LogP contribution in [0.5, 0.6) is 5.75 Å². The second kappa shape index (κ2) is 5.80. The third-order valence-electron chi connectivity index (χ3n) is 2.47. The highest BCUT2D eigenvalue weighted by atomic mass is 35.5. The van der Waals surface area contributed by atoms with Gasteiger partial charge in [0.1, 0.15) is 18.6 Å². The molecule has 0 saturated carbocycles. The van der Waals surface area contributed by atoms with E-state index in [1.165, 1.54) is 12.1 Å². The Labute approximate surface area is 113 Å². The number of benzene rings is 2. The summed E-state index contributed by atoms with van der Waals surface area (Å²) in [7, 11) is 0. The first-order valence-electron chi connectivity index (χ1n) is 5.41. The van der Waals surface area contributed by atoms with Gasteiger partial charge in [-0.1, -0.05) is 17.7 Å². The molecule has 0 spiro atoms. The van der Waals surface area contributed by atoms with Crippen LogP contribution >= 0.6 is 11.6 Å². The molecule has 0 aromatic heterocycles. The van der Waals surface area contributed by atoms with Gasteiger partial charge in [-0.05, 0) is 35.9 Å². The first kappa shape index (κ1) is 13.5. The highest BCUT2D eigenvalue weighted by Gasteiger charge is 2.06. The fraction of sp³-hybridized carbons (Fsp3) is 0.0714. The summed E-state index contributed by atoms with van der Waals surface area (Å²) in [5.41, 5.74) is 0.916. The summed E-state index contributed by atoms with van der Waals surface area (Å²) < 4.78 is 31.1. The van der Waals surface area contributed by atoms with E-state index < -0.39 is 11.6 Å². The number of carbonyl (C=O) groups excluding carboxylic acids is 1. The highest BCUT2D eigenvalue weighted by molar-refractivity contribution is 6.32. The Morgan fingerprint density at radius 3 is 2.53 bits per heavy atom. The lowest BCUT2D eigenvalue weighted by Crippen LogP contribution is -1.98. The van der Waals surface area contributed by atoms with Crippen LogP contribution in [0.1, 0.15) is 15.9 Å². The van der Waals surface area contributed by atoms with E-state index in [2.05, 4.69) is 0 Å². The molecule has 2 nitrogen and oxygen atoms in total. The number of aldehydes is 1. The van der Waals surface area contributed by atoms with Gasteiger partial charge in [0.05, 0.1) is 5.02 Å². The van der Waals surface area contributed by atoms with Crippen LogP contribution in [0.15, 0.2) is 36.4 Å². The van der Waals surface area contributed by atoms with Crippen LogP contribution in [0.3, 0.4) is 0 Å². The summed E-state index contributed by atoms with van der Waals surface area (Å²) in [5.74, 6) is -1.46. The molecule has 98 valence electrons. The first-order valence-corrected chi connectivity index (χ1v) is 5.79. The molecule has 2 rings (SSSR count). The molecule has 0 N–H and O–H groups in total. The van der Waals surface area contributed by atoms with E-state index in [0.717, 1.165) is 12.1 Å². The minimum Gasteiger partial charge on any atom is -0.487 e. The average Bonchev–Trinajstić information content (AvgIpc) is 2.41. The minimum absolute atomic E-state index is 0.0529. The van der Waals surface area contributed by atoms with Crippen molar-refractivity contribution in [3.8, 4) is 5.75 Å². The predicted octanol–water partition coefficient (Wildman–Crippen LogP) is 4.01. The standard InChI is InChI=1S/C14H9ClF2O2/c15-11-5-9(7-18)2-4-14(11)19-8-10-1-3-12(16)13(17)6-10/h1-7H,8H2. The van der Waals surface area contributed by atoms with Gasteiger partial charge in [-0.15, -0.1) is 0 Å². The lowest BCUT2D eigenvalue weighted by Gasteiger charge is -2.08.